The zero-order chi connectivity index (χ0) is 18.1. The van der Waals surface area contributed by atoms with Crippen LogP contribution in [0.5, 0.6) is 0 Å². The summed E-state index contributed by atoms with van der Waals surface area (Å²) in [5.41, 5.74) is 5.82. The van der Waals surface area contributed by atoms with Crippen molar-refractivity contribution in [1.82, 2.24) is 9.55 Å². The molecule has 0 radical (unpaired) electrons. The lowest BCUT2D eigenvalue weighted by atomic mass is 9.99. The predicted molar refractivity (Wildman–Crippen MR) is 94.2 cm³/mol. The van der Waals surface area contributed by atoms with E-state index in [-0.39, 0.29) is 6.54 Å². The molecule has 7 nitrogen and oxygen atoms in total. The molecule has 1 amide bonds. The molecule has 0 spiro atoms. The summed E-state index contributed by atoms with van der Waals surface area (Å²) in [7, 11) is 0. The van der Waals surface area contributed by atoms with E-state index in [1.54, 1.807) is 17.0 Å². The van der Waals surface area contributed by atoms with Gasteiger partial charge in [-0.25, -0.2) is 14.6 Å². The minimum atomic E-state index is -1.27. The van der Waals surface area contributed by atoms with Gasteiger partial charge in [0, 0.05) is 12.4 Å². The molecular weight excluding hydrogens is 334 g/mol. The molecule has 1 heterocycles. The zero-order valence-electron chi connectivity index (χ0n) is 14.4. The van der Waals surface area contributed by atoms with E-state index < -0.39 is 18.2 Å². The number of benzene rings is 1. The van der Waals surface area contributed by atoms with Gasteiger partial charge in [-0.05, 0) is 60.8 Å². The number of imidazole rings is 1. The highest BCUT2D eigenvalue weighted by Gasteiger charge is 2.27. The third kappa shape index (κ3) is 3.16. The van der Waals surface area contributed by atoms with Gasteiger partial charge < -0.3 is 14.4 Å². The molecule has 2 aliphatic carbocycles. The monoisotopic (exact) mass is 355 g/mol. The number of carbonyl (C=O) groups excluding carboxylic acids is 1. The van der Waals surface area contributed by atoms with E-state index in [9.17, 15) is 14.7 Å². The van der Waals surface area contributed by atoms with Gasteiger partial charge in [0.1, 0.15) is 0 Å². The summed E-state index contributed by atoms with van der Waals surface area (Å²) >= 11 is 0. The molecule has 2 aliphatic rings. The molecule has 0 saturated heterocycles. The first kappa shape index (κ1) is 16.6. The second-order valence-electron chi connectivity index (χ2n) is 6.85. The number of hydrogen-bond acceptors (Lipinski definition) is 4. The van der Waals surface area contributed by atoms with Crippen molar-refractivity contribution >= 4 is 17.7 Å². The van der Waals surface area contributed by atoms with Crippen molar-refractivity contribution in [2.45, 2.75) is 51.2 Å². The third-order valence-electron chi connectivity index (χ3n) is 5.16. The second-order valence-corrected chi connectivity index (χ2v) is 6.85. The van der Waals surface area contributed by atoms with Crippen LogP contribution < -0.4 is 5.32 Å². The van der Waals surface area contributed by atoms with Gasteiger partial charge >= 0.3 is 12.1 Å². The number of carbonyl (C=O) groups is 2. The van der Waals surface area contributed by atoms with Crippen LogP contribution in [-0.2, 0) is 41.8 Å². The summed E-state index contributed by atoms with van der Waals surface area (Å²) in [6, 6.07) is 2.28. The summed E-state index contributed by atoms with van der Waals surface area (Å²) in [6.45, 7) is 0.0216. The Balaban J connectivity index is 1.52. The van der Waals surface area contributed by atoms with Crippen molar-refractivity contribution in [3.8, 4) is 0 Å². The maximum absolute atomic E-state index is 12.4. The van der Waals surface area contributed by atoms with Gasteiger partial charge in [-0.2, -0.15) is 0 Å². The Morgan fingerprint density at radius 3 is 2.46 bits per heavy atom. The highest BCUT2D eigenvalue weighted by atomic mass is 16.6. The Morgan fingerprint density at radius 1 is 1.19 bits per heavy atom. The molecule has 26 heavy (non-hydrogen) atoms. The lowest BCUT2D eigenvalue weighted by Gasteiger charge is -2.18. The fourth-order valence-corrected chi connectivity index (χ4v) is 3.98. The Morgan fingerprint density at radius 2 is 1.88 bits per heavy atom. The summed E-state index contributed by atoms with van der Waals surface area (Å²) in [5.74, 6) is -1.18. The minimum Gasteiger partial charge on any atom is -0.478 e. The largest absolute Gasteiger partial charge is 0.478 e. The topological polar surface area (TPSA) is 93.5 Å². The van der Waals surface area contributed by atoms with E-state index in [0.717, 1.165) is 44.2 Å². The molecule has 0 bridgehead atoms. The van der Waals surface area contributed by atoms with Gasteiger partial charge in [-0.1, -0.05) is 6.07 Å². The maximum Gasteiger partial charge on any atom is 0.412 e. The summed E-state index contributed by atoms with van der Waals surface area (Å²) in [4.78, 5) is 27.8. The van der Waals surface area contributed by atoms with Crippen LogP contribution >= 0.6 is 0 Å². The number of carboxylic acid groups (broad SMARTS) is 1. The summed E-state index contributed by atoms with van der Waals surface area (Å²) < 4.78 is 6.78. The SMILES string of the molecule is O=C(Nc1c2c(cc3c1CCC3)CCC2)O[C@H](Cn1ccnc1)C(=O)O. The van der Waals surface area contributed by atoms with Gasteiger partial charge in [-0.3, -0.25) is 5.32 Å². The van der Waals surface area contributed by atoms with E-state index >= 15 is 0 Å². The number of aryl methyl sites for hydroxylation is 2. The number of fused-ring (bicyclic) bond motifs is 2. The van der Waals surface area contributed by atoms with Crippen molar-refractivity contribution < 1.29 is 19.4 Å². The van der Waals surface area contributed by atoms with Crippen molar-refractivity contribution in [3.05, 3.63) is 47.0 Å². The van der Waals surface area contributed by atoms with E-state index in [1.807, 2.05) is 0 Å². The molecule has 136 valence electrons. The average molecular weight is 355 g/mol. The first-order valence-corrected chi connectivity index (χ1v) is 8.94. The summed E-state index contributed by atoms with van der Waals surface area (Å²) in [6.07, 6.45) is 8.81. The highest BCUT2D eigenvalue weighted by molar-refractivity contribution is 5.90. The molecular formula is C19H21N3O4. The number of amides is 1. The van der Waals surface area contributed by atoms with Gasteiger partial charge in [0.05, 0.1) is 18.6 Å². The number of aliphatic carboxylic acids is 1. The number of carboxylic acids is 1. The standard InChI is InChI=1S/C19H21N3O4/c23-18(24)16(10-22-8-7-20-11-22)26-19(25)21-17-14-5-1-3-12(14)9-13-4-2-6-15(13)17/h7-9,11,16H,1-6,10H2,(H,21,25)(H,23,24)/t16-/m1/s1. The van der Waals surface area contributed by atoms with Crippen LogP contribution in [0.2, 0.25) is 0 Å². The number of nitrogens with zero attached hydrogens (tertiary/aromatic N) is 2. The lowest BCUT2D eigenvalue weighted by Crippen LogP contribution is -2.33. The molecule has 1 aromatic heterocycles. The van der Waals surface area contributed by atoms with Gasteiger partial charge in [0.2, 0.25) is 6.10 Å². The third-order valence-corrected chi connectivity index (χ3v) is 5.16. The average Bonchev–Trinajstić information content (AvgIpc) is 3.35. The maximum atomic E-state index is 12.4. The lowest BCUT2D eigenvalue weighted by molar-refractivity contribution is -0.147. The quantitative estimate of drug-likeness (QED) is 0.860. The van der Waals surface area contributed by atoms with Crippen LogP contribution in [0.15, 0.2) is 24.8 Å². The fourth-order valence-electron chi connectivity index (χ4n) is 3.98. The zero-order valence-corrected chi connectivity index (χ0v) is 14.4. The van der Waals surface area contributed by atoms with Crippen LogP contribution in [-0.4, -0.2) is 32.8 Å². The number of anilines is 1. The molecule has 4 rings (SSSR count). The number of nitrogens with one attached hydrogen (secondary N) is 1. The first-order chi connectivity index (χ1) is 12.6. The van der Waals surface area contributed by atoms with Gasteiger partial charge in [0.15, 0.2) is 0 Å². The van der Waals surface area contributed by atoms with Crippen LogP contribution in [0, 0.1) is 0 Å². The fraction of sp³-hybridized carbons (Fsp3) is 0.421. The molecule has 0 fully saturated rings. The van der Waals surface area contributed by atoms with Crippen molar-refractivity contribution in [3.63, 3.8) is 0 Å². The number of rotatable bonds is 5. The number of hydrogen-bond donors (Lipinski definition) is 2. The van der Waals surface area contributed by atoms with E-state index in [1.165, 1.54) is 28.6 Å². The second kappa shape index (κ2) is 6.82. The number of aromatic nitrogens is 2. The molecule has 0 saturated carbocycles. The van der Waals surface area contributed by atoms with Crippen LogP contribution in [0.25, 0.3) is 0 Å². The molecule has 7 heteroatoms. The van der Waals surface area contributed by atoms with Crippen molar-refractivity contribution in [1.29, 1.82) is 0 Å². The molecule has 0 unspecified atom stereocenters. The van der Waals surface area contributed by atoms with E-state index in [0.29, 0.717) is 0 Å². The highest BCUT2D eigenvalue weighted by Crippen LogP contribution is 2.38. The Kier molecular flexibility index (Phi) is 4.36. The normalized spacial score (nSPS) is 16.0. The van der Waals surface area contributed by atoms with Crippen molar-refractivity contribution in [2.75, 3.05) is 5.32 Å². The van der Waals surface area contributed by atoms with E-state index in [4.69, 9.17) is 4.74 Å². The number of ether oxygens (including phenoxy) is 1. The summed E-state index contributed by atoms with van der Waals surface area (Å²) in [5, 5.41) is 12.2. The minimum absolute atomic E-state index is 0.0216. The molecule has 0 aliphatic heterocycles. The molecule has 2 aromatic rings. The Hall–Kier alpha value is -2.83. The first-order valence-electron chi connectivity index (χ1n) is 8.94. The van der Waals surface area contributed by atoms with Crippen LogP contribution in [0.1, 0.15) is 35.1 Å². The molecule has 1 aromatic carbocycles. The molecule has 2 N–H and O–H groups in total. The van der Waals surface area contributed by atoms with Gasteiger partial charge in [-0.15, -0.1) is 0 Å². The van der Waals surface area contributed by atoms with Gasteiger partial charge in [0.25, 0.3) is 0 Å². The van der Waals surface area contributed by atoms with Crippen LogP contribution in [0.4, 0.5) is 10.5 Å². The van der Waals surface area contributed by atoms with Crippen molar-refractivity contribution in [2.24, 2.45) is 0 Å². The molecule has 1 atom stereocenters. The van der Waals surface area contributed by atoms with E-state index in [2.05, 4.69) is 16.4 Å². The van der Waals surface area contributed by atoms with Crippen LogP contribution in [0.3, 0.4) is 0 Å². The Bertz CT molecular complexity index is 813. The predicted octanol–water partition coefficient (Wildman–Crippen LogP) is 2.56. The Labute approximate surface area is 151 Å². The smallest absolute Gasteiger partial charge is 0.412 e.